The van der Waals surface area contributed by atoms with Crippen LogP contribution in [0.3, 0.4) is 0 Å². The number of aliphatic hydroxyl groups excluding tert-OH is 1. The Morgan fingerprint density at radius 1 is 0.931 bits per heavy atom. The first-order valence-electron chi connectivity index (χ1n) is 10.1. The summed E-state index contributed by atoms with van der Waals surface area (Å²) in [6.07, 6.45) is 0. The van der Waals surface area contributed by atoms with E-state index in [2.05, 4.69) is 9.73 Å². The number of hydrogen-bond acceptors (Lipinski definition) is 6. The molecule has 0 amide bonds. The Kier molecular flexibility index (Phi) is 12.9. The summed E-state index contributed by atoms with van der Waals surface area (Å²) in [5.41, 5.74) is 1.06. The minimum atomic E-state index is -3.63. The zero-order valence-corrected chi connectivity index (χ0v) is 19.3. The summed E-state index contributed by atoms with van der Waals surface area (Å²) in [4.78, 5) is 5.13. The van der Waals surface area contributed by atoms with Gasteiger partial charge in [-0.1, -0.05) is 58.0 Å². The fourth-order valence-corrected chi connectivity index (χ4v) is 4.44. The summed E-state index contributed by atoms with van der Waals surface area (Å²) >= 11 is 0. The highest BCUT2D eigenvalue weighted by Gasteiger charge is 2.23. The van der Waals surface area contributed by atoms with Gasteiger partial charge in [0.25, 0.3) is 10.0 Å². The lowest BCUT2D eigenvalue weighted by atomic mass is 10.1. The number of sulfonamides is 1. The zero-order valence-electron chi connectivity index (χ0n) is 18.5. The number of rotatable bonds is 5. The fraction of sp³-hybridized carbons (Fsp3) is 0.524. The molecule has 2 aromatic rings. The van der Waals surface area contributed by atoms with Crippen molar-refractivity contribution in [2.24, 2.45) is 0 Å². The van der Waals surface area contributed by atoms with Gasteiger partial charge in [0.05, 0.1) is 11.5 Å². The average Bonchev–Trinajstić information content (AvgIpc) is 2.72. The highest BCUT2D eigenvalue weighted by molar-refractivity contribution is 7.89. The van der Waals surface area contributed by atoms with E-state index < -0.39 is 10.0 Å². The van der Waals surface area contributed by atoms with Crippen LogP contribution in [0, 0.1) is 6.92 Å². The molecule has 7 nitrogen and oxygen atoms in total. The number of β-amino-alcohol motifs (C(OH)–C–C–N with tert-alkyl or cyclic N) is 1. The monoisotopic (exact) mass is 426 g/mol. The molecule has 2 aromatic carbocycles. The number of hydrogen-bond donors (Lipinski definition) is 3. The van der Waals surface area contributed by atoms with Crippen molar-refractivity contribution >= 4 is 20.8 Å². The van der Waals surface area contributed by atoms with Gasteiger partial charge in [0.1, 0.15) is 0 Å². The van der Waals surface area contributed by atoms with E-state index in [0.29, 0.717) is 24.5 Å². The van der Waals surface area contributed by atoms with Gasteiger partial charge in [0.15, 0.2) is 0 Å². The smallest absolute Gasteiger partial charge is 0.254 e. The number of aliphatic hydroxyl groups is 1. The van der Waals surface area contributed by atoms with Gasteiger partial charge in [0.2, 0.25) is 0 Å². The SMILES string of the molecule is CC.CC.Cc1cccc2c(S(=O)(=O)NN3CCN(CCO)CC3)cccc12.N. The molecule has 5 N–H and O–H groups in total. The molecule has 0 aromatic heterocycles. The Hall–Kier alpha value is -1.55. The number of aryl methyl sites for hydroxylation is 1. The molecule has 1 saturated heterocycles. The summed E-state index contributed by atoms with van der Waals surface area (Å²) < 4.78 is 25.7. The van der Waals surface area contributed by atoms with Crippen LogP contribution in [0.15, 0.2) is 41.3 Å². The van der Waals surface area contributed by atoms with Gasteiger partial charge >= 0.3 is 0 Å². The van der Waals surface area contributed by atoms with E-state index in [1.54, 1.807) is 17.1 Å². The number of benzene rings is 2. The van der Waals surface area contributed by atoms with Crippen molar-refractivity contribution in [3.63, 3.8) is 0 Å². The molecule has 1 aliphatic rings. The van der Waals surface area contributed by atoms with Gasteiger partial charge in [-0.3, -0.25) is 4.90 Å². The van der Waals surface area contributed by atoms with Crippen LogP contribution in [0.2, 0.25) is 0 Å². The third kappa shape index (κ3) is 7.33. The van der Waals surface area contributed by atoms with Crippen LogP contribution in [0.4, 0.5) is 0 Å². The number of nitrogens with one attached hydrogen (secondary N) is 1. The molecule has 0 atom stereocenters. The lowest BCUT2D eigenvalue weighted by Crippen LogP contribution is -2.53. The Labute approximate surface area is 176 Å². The molecule has 166 valence electrons. The van der Waals surface area contributed by atoms with Crippen molar-refractivity contribution < 1.29 is 13.5 Å². The number of fused-ring (bicyclic) bond motifs is 1. The van der Waals surface area contributed by atoms with Crippen molar-refractivity contribution in [1.29, 1.82) is 0 Å². The van der Waals surface area contributed by atoms with Gasteiger partial charge in [-0.05, 0) is 23.9 Å². The van der Waals surface area contributed by atoms with Gasteiger partial charge in [0, 0.05) is 38.1 Å². The van der Waals surface area contributed by atoms with E-state index in [4.69, 9.17) is 5.11 Å². The maximum absolute atomic E-state index is 12.8. The Bertz CT molecular complexity index is 820. The van der Waals surface area contributed by atoms with E-state index >= 15 is 0 Å². The Morgan fingerprint density at radius 2 is 1.48 bits per heavy atom. The number of piperazine rings is 1. The Morgan fingerprint density at radius 3 is 2.07 bits per heavy atom. The fourth-order valence-electron chi connectivity index (χ4n) is 3.10. The maximum Gasteiger partial charge on any atom is 0.254 e. The van der Waals surface area contributed by atoms with Crippen LogP contribution in [0.5, 0.6) is 0 Å². The normalized spacial score (nSPS) is 14.8. The van der Waals surface area contributed by atoms with Crippen LogP contribution in [0.25, 0.3) is 10.8 Å². The van der Waals surface area contributed by atoms with Crippen molar-refractivity contribution in [1.82, 2.24) is 20.9 Å². The average molecular weight is 427 g/mol. The number of nitrogens with zero attached hydrogens (tertiary/aromatic N) is 2. The first kappa shape index (κ1) is 27.5. The van der Waals surface area contributed by atoms with Crippen LogP contribution < -0.4 is 11.0 Å². The third-order valence-electron chi connectivity index (χ3n) is 4.43. The summed E-state index contributed by atoms with van der Waals surface area (Å²) in [6.45, 7) is 13.4. The van der Waals surface area contributed by atoms with Crippen molar-refractivity contribution in [3.8, 4) is 0 Å². The summed E-state index contributed by atoms with van der Waals surface area (Å²) in [5, 5.41) is 12.4. The van der Waals surface area contributed by atoms with Crippen LogP contribution in [0.1, 0.15) is 33.3 Å². The first-order valence-corrected chi connectivity index (χ1v) is 11.6. The molecule has 29 heavy (non-hydrogen) atoms. The van der Waals surface area contributed by atoms with Gasteiger partial charge in [-0.2, -0.15) is 0 Å². The molecule has 0 aliphatic carbocycles. The maximum atomic E-state index is 12.8. The minimum absolute atomic E-state index is 0. The molecular formula is C21H38N4O3S. The topological polar surface area (TPSA) is 108 Å². The summed E-state index contributed by atoms with van der Waals surface area (Å²) in [6, 6.07) is 11.1. The molecule has 3 rings (SSSR count). The minimum Gasteiger partial charge on any atom is -0.395 e. The van der Waals surface area contributed by atoms with Crippen molar-refractivity contribution in [3.05, 3.63) is 42.0 Å². The standard InChI is InChI=1S/C17H23N3O3S.2C2H6.H3N/c1-14-4-2-6-16-15(14)5-3-7-17(16)24(22,23)18-20-10-8-19(9-11-20)12-13-21;2*1-2;/h2-7,18,21H,8-13H2,1H3;2*1-2H3;1H3. The predicted octanol–water partition coefficient (Wildman–Crippen LogP) is 3.17. The van der Waals surface area contributed by atoms with Crippen LogP contribution >= 0.6 is 0 Å². The quantitative estimate of drug-likeness (QED) is 0.678. The second-order valence-corrected chi connectivity index (χ2v) is 7.70. The van der Waals surface area contributed by atoms with Gasteiger partial charge in [-0.15, -0.1) is 4.83 Å². The molecule has 0 unspecified atom stereocenters. The lowest BCUT2D eigenvalue weighted by Gasteiger charge is -2.34. The second-order valence-electron chi connectivity index (χ2n) is 6.07. The molecule has 1 fully saturated rings. The van der Waals surface area contributed by atoms with E-state index in [1.165, 1.54) is 0 Å². The Balaban J connectivity index is 0.00000148. The highest BCUT2D eigenvalue weighted by Crippen LogP contribution is 2.25. The predicted molar refractivity (Wildman–Crippen MR) is 122 cm³/mol. The zero-order chi connectivity index (χ0) is 21.2. The van der Waals surface area contributed by atoms with Crippen LogP contribution in [-0.4, -0.2) is 62.8 Å². The molecular weight excluding hydrogens is 388 g/mol. The largest absolute Gasteiger partial charge is 0.395 e. The second kappa shape index (κ2) is 13.6. The van der Waals surface area contributed by atoms with Crippen LogP contribution in [-0.2, 0) is 10.0 Å². The lowest BCUT2D eigenvalue weighted by molar-refractivity contribution is 0.0993. The summed E-state index contributed by atoms with van der Waals surface area (Å²) in [5.74, 6) is 0. The van der Waals surface area contributed by atoms with Crippen molar-refractivity contribution in [2.45, 2.75) is 39.5 Å². The molecule has 0 spiro atoms. The van der Waals surface area contributed by atoms with E-state index in [0.717, 1.165) is 29.4 Å². The summed E-state index contributed by atoms with van der Waals surface area (Å²) in [7, 11) is -3.63. The van der Waals surface area contributed by atoms with Crippen molar-refractivity contribution in [2.75, 3.05) is 39.3 Å². The molecule has 1 aliphatic heterocycles. The third-order valence-corrected chi connectivity index (χ3v) is 5.86. The van der Waals surface area contributed by atoms with Gasteiger partial charge < -0.3 is 11.3 Å². The highest BCUT2D eigenvalue weighted by atomic mass is 32.2. The first-order chi connectivity index (χ1) is 13.5. The molecule has 1 heterocycles. The van der Waals surface area contributed by atoms with E-state index in [1.807, 2.05) is 58.9 Å². The molecule has 0 radical (unpaired) electrons. The molecule has 0 saturated carbocycles. The van der Waals surface area contributed by atoms with E-state index in [9.17, 15) is 8.42 Å². The molecule has 0 bridgehead atoms. The van der Waals surface area contributed by atoms with E-state index in [-0.39, 0.29) is 12.8 Å². The number of hydrazine groups is 1. The molecule has 8 heteroatoms. The van der Waals surface area contributed by atoms with Gasteiger partial charge in [-0.25, -0.2) is 13.4 Å².